The molecule has 2 aliphatic heterocycles. The summed E-state index contributed by atoms with van der Waals surface area (Å²) in [5.74, 6) is -1.06. The molecule has 0 bridgehead atoms. The number of nitriles is 1. The van der Waals surface area contributed by atoms with Gasteiger partial charge in [0, 0.05) is 12.1 Å². The maximum Gasteiger partial charge on any atom is 0.212 e. The molecule has 11 heteroatoms. The fraction of sp³-hybridized carbons (Fsp3) is 0.333. The summed E-state index contributed by atoms with van der Waals surface area (Å²) < 4.78 is 44.9. The fourth-order valence-electron chi connectivity index (χ4n) is 3.95. The molecule has 3 N–H and O–H groups in total. The molecule has 2 fully saturated rings. The lowest BCUT2D eigenvalue weighted by Crippen LogP contribution is -2.34. The largest absolute Gasteiger partial charge is 0.469 e. The van der Waals surface area contributed by atoms with Crippen LogP contribution in [-0.2, 0) is 16.0 Å². The van der Waals surface area contributed by atoms with Crippen molar-refractivity contribution in [3.8, 4) is 11.9 Å². The number of aromatic amines is 1. The molecule has 5 rings (SSSR count). The Bertz CT molecular complexity index is 1210. The molecule has 2 aromatic heterocycles. The van der Waals surface area contributed by atoms with Gasteiger partial charge in [-0.15, -0.1) is 0 Å². The van der Waals surface area contributed by atoms with Crippen LogP contribution in [0.1, 0.15) is 11.1 Å². The van der Waals surface area contributed by atoms with Crippen molar-refractivity contribution in [3.63, 3.8) is 0 Å². The highest BCUT2D eigenvalue weighted by atomic mass is 35.5. The normalized spacial score (nSPS) is 24.5. The average Bonchev–Trinajstić information content (AvgIpc) is 3.43. The van der Waals surface area contributed by atoms with Crippen LogP contribution in [0.25, 0.3) is 11.0 Å². The number of nitrogens with one attached hydrogen (secondary N) is 2. The highest BCUT2D eigenvalue weighted by molar-refractivity contribution is 6.33. The van der Waals surface area contributed by atoms with Crippen LogP contribution in [0.4, 0.5) is 14.6 Å². The minimum absolute atomic E-state index is 0.138. The van der Waals surface area contributed by atoms with Gasteiger partial charge in [0.05, 0.1) is 23.8 Å². The van der Waals surface area contributed by atoms with Crippen LogP contribution >= 0.6 is 11.6 Å². The Morgan fingerprint density at radius 3 is 2.78 bits per heavy atom. The number of aliphatic hydroxyl groups excluding tert-OH is 1. The van der Waals surface area contributed by atoms with E-state index in [0.29, 0.717) is 5.52 Å². The Balaban J connectivity index is 1.42. The lowest BCUT2D eigenvalue weighted by Gasteiger charge is -2.16. The van der Waals surface area contributed by atoms with Gasteiger partial charge in [-0.2, -0.15) is 5.26 Å². The van der Waals surface area contributed by atoms with E-state index < -0.39 is 36.1 Å². The summed E-state index contributed by atoms with van der Waals surface area (Å²) in [6.07, 6.45) is -2.17. The third-order valence-electron chi connectivity index (χ3n) is 5.55. The number of aliphatic hydroxyl groups is 1. The first-order chi connectivity index (χ1) is 15.5. The number of hydrogen-bond acceptors (Lipinski definition) is 7. The summed E-state index contributed by atoms with van der Waals surface area (Å²) in [7, 11) is 0. The highest BCUT2D eigenvalue weighted by Gasteiger charge is 2.48. The van der Waals surface area contributed by atoms with Gasteiger partial charge in [0.15, 0.2) is 6.10 Å². The predicted octanol–water partition coefficient (Wildman–Crippen LogP) is 2.88. The zero-order valence-corrected chi connectivity index (χ0v) is 17.2. The van der Waals surface area contributed by atoms with Gasteiger partial charge >= 0.3 is 0 Å². The average molecular weight is 463 g/mol. The van der Waals surface area contributed by atoms with E-state index in [0.717, 1.165) is 12.1 Å². The number of rotatable bonds is 5. The molecule has 4 atom stereocenters. The molecule has 0 saturated carbocycles. The van der Waals surface area contributed by atoms with Gasteiger partial charge in [0.1, 0.15) is 52.9 Å². The van der Waals surface area contributed by atoms with E-state index in [1.165, 1.54) is 6.07 Å². The van der Waals surface area contributed by atoms with Crippen LogP contribution in [0.15, 0.2) is 24.3 Å². The quantitative estimate of drug-likeness (QED) is 0.534. The van der Waals surface area contributed by atoms with Crippen molar-refractivity contribution >= 4 is 28.5 Å². The van der Waals surface area contributed by atoms with Crippen LogP contribution in [-0.4, -0.2) is 52.7 Å². The maximum atomic E-state index is 13.9. The molecule has 0 unspecified atom stereocenters. The van der Waals surface area contributed by atoms with Gasteiger partial charge in [-0.3, -0.25) is 0 Å². The van der Waals surface area contributed by atoms with Crippen molar-refractivity contribution in [3.05, 3.63) is 52.0 Å². The molecule has 4 heterocycles. The van der Waals surface area contributed by atoms with Crippen molar-refractivity contribution in [2.75, 3.05) is 18.5 Å². The number of anilines is 1. The summed E-state index contributed by atoms with van der Waals surface area (Å²) in [5, 5.41) is 22.6. The molecular formula is C21H17ClF2N4O4. The Hall–Kier alpha value is -2.97. The van der Waals surface area contributed by atoms with E-state index in [1.807, 2.05) is 0 Å². The number of nitrogens with zero attached hydrogens (tertiary/aromatic N) is 2. The number of halogens is 3. The SMILES string of the molecule is N#Cc1c(O[C@@H]2CO[C@H]3[C@@H]2OC[C@H]3O)[nH]c2cc(Cl)c(NCc3c(F)cccc3F)nc12. The molecule has 8 nitrogen and oxygen atoms in total. The van der Waals surface area contributed by atoms with Crippen molar-refractivity contribution in [2.45, 2.75) is 31.0 Å². The van der Waals surface area contributed by atoms with Gasteiger partial charge in [-0.05, 0) is 18.2 Å². The second-order valence-electron chi connectivity index (χ2n) is 7.53. The lowest BCUT2D eigenvalue weighted by molar-refractivity contribution is 0.00789. The molecule has 0 spiro atoms. The fourth-order valence-corrected chi connectivity index (χ4v) is 4.17. The summed E-state index contributed by atoms with van der Waals surface area (Å²) in [6, 6.07) is 7.20. The predicted molar refractivity (Wildman–Crippen MR) is 109 cm³/mol. The van der Waals surface area contributed by atoms with Crippen molar-refractivity contribution in [1.82, 2.24) is 9.97 Å². The second kappa shape index (κ2) is 8.18. The topological polar surface area (TPSA) is 112 Å². The molecular weight excluding hydrogens is 446 g/mol. The highest BCUT2D eigenvalue weighted by Crippen LogP contribution is 2.35. The van der Waals surface area contributed by atoms with Crippen LogP contribution < -0.4 is 10.1 Å². The Morgan fingerprint density at radius 2 is 2.03 bits per heavy atom. The van der Waals surface area contributed by atoms with E-state index in [9.17, 15) is 19.1 Å². The van der Waals surface area contributed by atoms with E-state index in [4.69, 9.17) is 25.8 Å². The van der Waals surface area contributed by atoms with E-state index in [-0.39, 0.29) is 53.1 Å². The third-order valence-corrected chi connectivity index (χ3v) is 5.83. The number of aromatic nitrogens is 2. The van der Waals surface area contributed by atoms with Crippen molar-refractivity contribution < 1.29 is 28.1 Å². The van der Waals surface area contributed by atoms with Crippen LogP contribution in [0.3, 0.4) is 0 Å². The third kappa shape index (κ3) is 3.53. The first-order valence-electron chi connectivity index (χ1n) is 9.83. The molecule has 0 amide bonds. The molecule has 32 heavy (non-hydrogen) atoms. The first-order valence-corrected chi connectivity index (χ1v) is 10.2. The number of benzene rings is 1. The minimum Gasteiger partial charge on any atom is -0.469 e. The lowest BCUT2D eigenvalue weighted by atomic mass is 10.1. The summed E-state index contributed by atoms with van der Waals surface area (Å²) >= 11 is 6.29. The van der Waals surface area contributed by atoms with Gasteiger partial charge in [-0.25, -0.2) is 13.8 Å². The van der Waals surface area contributed by atoms with E-state index in [1.54, 1.807) is 6.07 Å². The Labute approximate surface area is 185 Å². The molecule has 2 aliphatic rings. The van der Waals surface area contributed by atoms with E-state index >= 15 is 0 Å². The Morgan fingerprint density at radius 1 is 1.28 bits per heavy atom. The molecule has 2 saturated heterocycles. The number of ether oxygens (including phenoxy) is 3. The summed E-state index contributed by atoms with van der Waals surface area (Å²) in [6.45, 7) is 0.165. The summed E-state index contributed by atoms with van der Waals surface area (Å²) in [5.41, 5.74) is 0.718. The number of hydrogen-bond donors (Lipinski definition) is 3. The maximum absolute atomic E-state index is 13.9. The van der Waals surface area contributed by atoms with Gasteiger partial charge in [0.2, 0.25) is 5.88 Å². The molecule has 0 radical (unpaired) electrons. The van der Waals surface area contributed by atoms with Crippen LogP contribution in [0, 0.1) is 23.0 Å². The minimum atomic E-state index is -0.722. The molecule has 1 aromatic carbocycles. The Kier molecular flexibility index (Phi) is 5.35. The summed E-state index contributed by atoms with van der Waals surface area (Å²) in [4.78, 5) is 7.35. The van der Waals surface area contributed by atoms with Crippen molar-refractivity contribution in [1.29, 1.82) is 5.26 Å². The van der Waals surface area contributed by atoms with E-state index in [2.05, 4.69) is 21.4 Å². The smallest absolute Gasteiger partial charge is 0.212 e. The monoisotopic (exact) mass is 462 g/mol. The van der Waals surface area contributed by atoms with Gasteiger partial charge in [-0.1, -0.05) is 17.7 Å². The molecule has 3 aromatic rings. The molecule has 0 aliphatic carbocycles. The second-order valence-corrected chi connectivity index (χ2v) is 7.94. The van der Waals surface area contributed by atoms with Crippen molar-refractivity contribution in [2.24, 2.45) is 0 Å². The number of H-pyrrole nitrogens is 1. The zero-order valence-electron chi connectivity index (χ0n) is 16.4. The first kappa shape index (κ1) is 20.9. The number of pyridine rings is 1. The van der Waals surface area contributed by atoms with Crippen LogP contribution in [0.5, 0.6) is 5.88 Å². The van der Waals surface area contributed by atoms with Gasteiger partial charge in [0.25, 0.3) is 0 Å². The number of fused-ring (bicyclic) bond motifs is 2. The molecule has 166 valence electrons. The van der Waals surface area contributed by atoms with Crippen LogP contribution in [0.2, 0.25) is 5.02 Å². The standard InChI is InChI=1S/C21H17ClF2N4O4/c22-11-4-14-17(28-20(11)26-6-10-12(23)2-1-3-13(10)24)9(5-25)21(27-14)32-16-8-31-18-15(29)7-30-19(16)18/h1-4,15-16,18-19,27,29H,6-8H2,(H,26,28)/t15-,16-,18-,19-/m1/s1. The zero-order chi connectivity index (χ0) is 22.4. The van der Waals surface area contributed by atoms with Gasteiger partial charge < -0.3 is 29.6 Å².